The minimum Gasteiger partial charge on any atom is -0.0683 e. The maximum Gasteiger partial charge on any atom is 0.0712 e. The van der Waals surface area contributed by atoms with Gasteiger partial charge in [-0.1, -0.05) is 222 Å². The Morgan fingerprint density at radius 2 is 0.328 bits per heavy atom. The Bertz CT molecular complexity index is 2170. The van der Waals surface area contributed by atoms with E-state index >= 15 is 0 Å². The summed E-state index contributed by atoms with van der Waals surface area (Å²) in [6.45, 7) is 8.00. The highest BCUT2D eigenvalue weighted by atomic mass is 14.5. The molecule has 284 valence electrons. The summed E-state index contributed by atoms with van der Waals surface area (Å²) in [7, 11) is 0. The standard InChI is InChI=1S/2C27H20.2C2H6/c2*1-5-13-23-19(9-1)17-20-10-2-6-14-24(20)27(23)25-15-7-3-11-21(25)18-22-12-4-8-16-26(22)27;2*1-2/h2*1-16H,17-18H2;2*1-2H3. The van der Waals surface area contributed by atoms with Crippen LogP contribution in [0.5, 0.6) is 0 Å². The Morgan fingerprint density at radius 1 is 0.207 bits per heavy atom. The van der Waals surface area contributed by atoms with Crippen LogP contribution in [0.15, 0.2) is 194 Å². The van der Waals surface area contributed by atoms with Crippen LogP contribution in [0.3, 0.4) is 0 Å². The average Bonchev–Trinajstić information content (AvgIpc) is 3.30. The Kier molecular flexibility index (Phi) is 10.0. The maximum atomic E-state index is 2.35. The van der Waals surface area contributed by atoms with E-state index in [1.165, 1.54) is 89.0 Å². The quantitative estimate of drug-likeness (QED) is 0.145. The number of hydrogen-bond donors (Lipinski definition) is 0. The van der Waals surface area contributed by atoms with Gasteiger partial charge < -0.3 is 0 Å². The fourth-order valence-electron chi connectivity index (χ4n) is 10.9. The average molecular weight is 749 g/mol. The molecule has 4 aliphatic rings. The van der Waals surface area contributed by atoms with Crippen LogP contribution in [-0.4, -0.2) is 0 Å². The van der Waals surface area contributed by atoms with Crippen LogP contribution < -0.4 is 0 Å². The molecule has 0 radical (unpaired) electrons. The van der Waals surface area contributed by atoms with E-state index in [1.54, 1.807) is 0 Å². The van der Waals surface area contributed by atoms with Gasteiger partial charge in [-0.3, -0.25) is 0 Å². The summed E-state index contributed by atoms with van der Waals surface area (Å²) in [4.78, 5) is 0. The van der Waals surface area contributed by atoms with E-state index in [0.717, 1.165) is 25.7 Å². The maximum absolute atomic E-state index is 2.35. The third-order valence-electron chi connectivity index (χ3n) is 12.9. The number of benzene rings is 8. The molecule has 0 saturated heterocycles. The second kappa shape index (κ2) is 15.6. The van der Waals surface area contributed by atoms with E-state index in [-0.39, 0.29) is 10.8 Å². The molecule has 8 aromatic rings. The highest BCUT2D eigenvalue weighted by Crippen LogP contribution is 2.56. The molecule has 0 saturated carbocycles. The topological polar surface area (TPSA) is 0 Å². The minimum atomic E-state index is -0.211. The Morgan fingerprint density at radius 3 is 0.466 bits per heavy atom. The number of rotatable bonds is 0. The van der Waals surface area contributed by atoms with Gasteiger partial charge in [-0.2, -0.15) is 0 Å². The molecule has 0 amide bonds. The van der Waals surface area contributed by atoms with E-state index in [1.807, 2.05) is 27.7 Å². The van der Waals surface area contributed by atoms with Gasteiger partial charge in [0.25, 0.3) is 0 Å². The SMILES string of the molecule is CC.CC.c1ccc2c(c1)Cc1ccccc1C21c2ccccc2Cc2ccccc21.c1ccc2c(c1)Cc1ccccc1C21c2ccccc2Cc2ccccc21. The molecule has 0 fully saturated rings. The minimum absolute atomic E-state index is 0.211. The summed E-state index contributed by atoms with van der Waals surface area (Å²) in [5.74, 6) is 0. The first-order valence-corrected chi connectivity index (χ1v) is 21.4. The van der Waals surface area contributed by atoms with Crippen molar-refractivity contribution in [1.29, 1.82) is 0 Å². The largest absolute Gasteiger partial charge is 0.0712 e. The molecular weight excluding hydrogens is 697 g/mol. The van der Waals surface area contributed by atoms with Gasteiger partial charge in [0, 0.05) is 0 Å². The van der Waals surface area contributed by atoms with Crippen LogP contribution in [0.1, 0.15) is 117 Å². The molecule has 0 aliphatic heterocycles. The van der Waals surface area contributed by atoms with Crippen LogP contribution in [0.4, 0.5) is 0 Å². The van der Waals surface area contributed by atoms with Gasteiger partial charge in [0.05, 0.1) is 10.8 Å². The molecule has 12 rings (SSSR count). The van der Waals surface area contributed by atoms with E-state index in [9.17, 15) is 0 Å². The normalized spacial score (nSPS) is 14.6. The first-order valence-electron chi connectivity index (χ1n) is 21.4. The van der Waals surface area contributed by atoms with E-state index in [2.05, 4.69) is 194 Å². The van der Waals surface area contributed by atoms with Crippen LogP contribution in [0.25, 0.3) is 0 Å². The molecule has 58 heavy (non-hydrogen) atoms. The molecule has 8 aromatic carbocycles. The molecule has 0 nitrogen and oxygen atoms in total. The van der Waals surface area contributed by atoms with Crippen LogP contribution in [0.2, 0.25) is 0 Å². The predicted molar refractivity (Wildman–Crippen MR) is 243 cm³/mol. The fraction of sp³-hybridized carbons (Fsp3) is 0.172. The summed E-state index contributed by atoms with van der Waals surface area (Å²) >= 11 is 0. The molecule has 2 spiro atoms. The van der Waals surface area contributed by atoms with Crippen molar-refractivity contribution >= 4 is 0 Å². The van der Waals surface area contributed by atoms with Crippen molar-refractivity contribution in [3.8, 4) is 0 Å². The van der Waals surface area contributed by atoms with Crippen molar-refractivity contribution in [3.63, 3.8) is 0 Å². The third-order valence-corrected chi connectivity index (χ3v) is 12.9. The molecule has 0 heterocycles. The van der Waals surface area contributed by atoms with Gasteiger partial charge in [0.1, 0.15) is 0 Å². The van der Waals surface area contributed by atoms with E-state index < -0.39 is 0 Å². The fourth-order valence-corrected chi connectivity index (χ4v) is 10.9. The lowest BCUT2D eigenvalue weighted by Gasteiger charge is -2.46. The first-order chi connectivity index (χ1) is 28.8. The zero-order chi connectivity index (χ0) is 39.7. The lowest BCUT2D eigenvalue weighted by Crippen LogP contribution is -2.39. The highest BCUT2D eigenvalue weighted by Gasteiger charge is 2.48. The van der Waals surface area contributed by atoms with Crippen LogP contribution >= 0.6 is 0 Å². The van der Waals surface area contributed by atoms with E-state index in [0.29, 0.717) is 0 Å². The van der Waals surface area contributed by atoms with Gasteiger partial charge in [-0.15, -0.1) is 0 Å². The molecule has 4 aliphatic carbocycles. The predicted octanol–water partition coefficient (Wildman–Crippen LogP) is 13.8. The smallest absolute Gasteiger partial charge is 0.0683 e. The Balaban J connectivity index is 0.000000139. The highest BCUT2D eigenvalue weighted by molar-refractivity contribution is 5.73. The number of fused-ring (bicyclic) bond motifs is 16. The second-order valence-corrected chi connectivity index (χ2v) is 15.5. The Labute approximate surface area is 345 Å². The van der Waals surface area contributed by atoms with Crippen molar-refractivity contribution in [2.45, 2.75) is 64.2 Å². The summed E-state index contributed by atoms with van der Waals surface area (Å²) in [5.41, 5.74) is 22.7. The van der Waals surface area contributed by atoms with Gasteiger partial charge >= 0.3 is 0 Å². The molecule has 0 N–H and O–H groups in total. The van der Waals surface area contributed by atoms with Crippen molar-refractivity contribution in [2.24, 2.45) is 0 Å². The van der Waals surface area contributed by atoms with Gasteiger partial charge in [0.15, 0.2) is 0 Å². The van der Waals surface area contributed by atoms with Gasteiger partial charge in [0.2, 0.25) is 0 Å². The molecule has 0 aromatic heterocycles. The van der Waals surface area contributed by atoms with Gasteiger partial charge in [-0.05, 0) is 115 Å². The van der Waals surface area contributed by atoms with Crippen molar-refractivity contribution in [2.75, 3.05) is 0 Å². The summed E-state index contributed by atoms with van der Waals surface area (Å²) in [6.07, 6.45) is 4.05. The second-order valence-electron chi connectivity index (χ2n) is 15.5. The van der Waals surface area contributed by atoms with Crippen molar-refractivity contribution < 1.29 is 0 Å². The molecule has 0 heteroatoms. The summed E-state index contributed by atoms with van der Waals surface area (Å²) in [5, 5.41) is 0. The molecule has 0 unspecified atom stereocenters. The first kappa shape index (κ1) is 37.3. The lowest BCUT2D eigenvalue weighted by atomic mass is 9.56. The Hall–Kier alpha value is -6.24. The van der Waals surface area contributed by atoms with Crippen LogP contribution in [-0.2, 0) is 36.5 Å². The van der Waals surface area contributed by atoms with E-state index in [4.69, 9.17) is 0 Å². The third kappa shape index (κ3) is 5.57. The molecule has 0 bridgehead atoms. The summed E-state index contributed by atoms with van der Waals surface area (Å²) in [6, 6.07) is 72.4. The zero-order valence-corrected chi connectivity index (χ0v) is 34.3. The lowest BCUT2D eigenvalue weighted by molar-refractivity contribution is 0.670. The number of hydrogen-bond acceptors (Lipinski definition) is 0. The van der Waals surface area contributed by atoms with Crippen LogP contribution in [0, 0.1) is 0 Å². The van der Waals surface area contributed by atoms with Crippen molar-refractivity contribution in [3.05, 3.63) is 283 Å². The van der Waals surface area contributed by atoms with Gasteiger partial charge in [-0.25, -0.2) is 0 Å². The zero-order valence-electron chi connectivity index (χ0n) is 34.3. The summed E-state index contributed by atoms with van der Waals surface area (Å²) < 4.78 is 0. The molecular formula is C58H52. The van der Waals surface area contributed by atoms with Crippen molar-refractivity contribution in [1.82, 2.24) is 0 Å². The monoisotopic (exact) mass is 748 g/mol. The molecule has 0 atom stereocenters.